The van der Waals surface area contributed by atoms with E-state index >= 15 is 0 Å². The Morgan fingerprint density at radius 1 is 0.750 bits per heavy atom. The molecule has 0 N–H and O–H groups in total. The van der Waals surface area contributed by atoms with Gasteiger partial charge in [0, 0.05) is 0 Å². The predicted octanol–water partition coefficient (Wildman–Crippen LogP) is 6.26. The zero-order valence-corrected chi connectivity index (χ0v) is 17.6. The molecule has 24 heavy (non-hydrogen) atoms. The van der Waals surface area contributed by atoms with Crippen molar-refractivity contribution < 1.29 is 15.0 Å². The van der Waals surface area contributed by atoms with Gasteiger partial charge in [-0.2, -0.15) is 0 Å². The van der Waals surface area contributed by atoms with E-state index in [1.54, 1.807) is 0 Å². The van der Waals surface area contributed by atoms with Gasteiger partial charge in [-0.3, -0.25) is 0 Å². The average molecular weight is 406 g/mol. The first-order valence-corrected chi connectivity index (χ1v) is 17.7. The summed E-state index contributed by atoms with van der Waals surface area (Å²) in [7, 11) is 13.2. The Morgan fingerprint density at radius 2 is 1.21 bits per heavy atom. The third kappa shape index (κ3) is 3.38. The van der Waals surface area contributed by atoms with E-state index in [0.29, 0.717) is 11.8 Å². The van der Waals surface area contributed by atoms with Gasteiger partial charge in [-0.25, -0.2) is 0 Å². The number of benzene rings is 2. The molecule has 0 nitrogen and oxygen atoms in total. The molecule has 0 fully saturated rings. The molecule has 4 heteroatoms. The summed E-state index contributed by atoms with van der Waals surface area (Å²) in [5, 5.41) is 0. The number of hydrogen-bond donors (Lipinski definition) is 0. The molecule has 0 aromatic heterocycles. The van der Waals surface area contributed by atoms with Gasteiger partial charge >= 0.3 is 159 Å². The summed E-state index contributed by atoms with van der Waals surface area (Å²) in [6.45, 7) is -1.14. The fraction of sp³-hybridized carbons (Fsp3) is 0.200. The monoisotopic (exact) mass is 405 g/mol. The van der Waals surface area contributed by atoms with Crippen molar-refractivity contribution in [2.24, 2.45) is 0 Å². The van der Waals surface area contributed by atoms with Gasteiger partial charge in [-0.05, 0) is 0 Å². The summed E-state index contributed by atoms with van der Waals surface area (Å²) >= 11 is -1.89. The molecular formula is C20H19Cl2SiTi. The van der Waals surface area contributed by atoms with E-state index in [-0.39, 0.29) is 0 Å². The van der Waals surface area contributed by atoms with Crippen LogP contribution in [0.4, 0.5) is 0 Å². The zero-order chi connectivity index (χ0) is 16.5. The van der Waals surface area contributed by atoms with Crippen LogP contribution in [0, 0.1) is 0 Å². The van der Waals surface area contributed by atoms with Crippen LogP contribution in [-0.2, 0) is 15.0 Å². The Bertz CT molecular complexity index is 736. The van der Waals surface area contributed by atoms with Gasteiger partial charge in [0.2, 0.25) is 0 Å². The van der Waals surface area contributed by atoms with Crippen LogP contribution < -0.4 is 0 Å². The van der Waals surface area contributed by atoms with E-state index in [9.17, 15) is 0 Å². The second-order valence-electron chi connectivity index (χ2n) is 6.65. The molecule has 121 valence electrons. The number of rotatable bonds is 5. The van der Waals surface area contributed by atoms with Gasteiger partial charge < -0.3 is 0 Å². The van der Waals surface area contributed by atoms with Crippen LogP contribution in [0.2, 0.25) is 12.1 Å². The van der Waals surface area contributed by atoms with Crippen LogP contribution >= 0.6 is 18.6 Å². The molecule has 2 aliphatic rings. The Kier molecular flexibility index (Phi) is 5.17. The topological polar surface area (TPSA) is 0 Å². The number of fused-ring (bicyclic) bond motifs is 2. The molecule has 0 bridgehead atoms. The van der Waals surface area contributed by atoms with Gasteiger partial charge in [-0.1, -0.05) is 0 Å². The third-order valence-electron chi connectivity index (χ3n) is 5.19. The predicted molar refractivity (Wildman–Crippen MR) is 105 cm³/mol. The van der Waals surface area contributed by atoms with Crippen LogP contribution in [0.15, 0.2) is 60.7 Å². The first kappa shape index (κ1) is 16.9. The molecule has 0 aliphatic heterocycles. The standard InChI is InChI=1S/C20H19Si.2ClH.Ti/c1-3-7-19-15(5-1)9-11-17(19)13-21-14-18-12-10-16-6-2-4-8-20(16)18;;;/h1-12,17-18,21H,13-14H2;2*1H;/q;;;+2/p-2. The second-order valence-corrected chi connectivity index (χ2v) is 23.3. The molecule has 0 radical (unpaired) electrons. The summed E-state index contributed by atoms with van der Waals surface area (Å²) in [5.41, 5.74) is 5.66. The Morgan fingerprint density at radius 3 is 1.67 bits per heavy atom. The SMILES string of the molecule is [Cl][Ti]([Cl])[SiH](CC1C=Cc2ccccc21)CC1C=Cc2ccccc21. The van der Waals surface area contributed by atoms with Crippen LogP contribution in [-0.4, -0.2) is 6.66 Å². The van der Waals surface area contributed by atoms with E-state index in [0.717, 1.165) is 0 Å². The van der Waals surface area contributed by atoms with E-state index in [1.165, 1.54) is 34.3 Å². The summed E-state index contributed by atoms with van der Waals surface area (Å²) in [6, 6.07) is 19.9. The average Bonchev–Trinajstić information content (AvgIpc) is 3.19. The van der Waals surface area contributed by atoms with Gasteiger partial charge in [0.1, 0.15) is 0 Å². The van der Waals surface area contributed by atoms with Crippen LogP contribution in [0.1, 0.15) is 34.1 Å². The summed E-state index contributed by atoms with van der Waals surface area (Å²) in [4.78, 5) is 0. The Hall–Kier alpha value is -0.569. The maximum absolute atomic E-state index is 6.60. The van der Waals surface area contributed by atoms with Crippen LogP contribution in [0.5, 0.6) is 0 Å². The minimum atomic E-state index is -1.89. The molecule has 0 heterocycles. The van der Waals surface area contributed by atoms with Gasteiger partial charge in [-0.15, -0.1) is 0 Å². The van der Waals surface area contributed by atoms with Crippen molar-refractivity contribution in [1.82, 2.24) is 0 Å². The van der Waals surface area contributed by atoms with Crippen molar-refractivity contribution in [1.29, 1.82) is 0 Å². The normalized spacial score (nSPS) is 21.6. The second kappa shape index (κ2) is 7.35. The third-order valence-corrected chi connectivity index (χ3v) is 20.7. The molecule has 0 saturated carbocycles. The molecule has 2 unspecified atom stereocenters. The van der Waals surface area contributed by atoms with Crippen molar-refractivity contribution in [2.45, 2.75) is 23.9 Å². The first-order valence-electron chi connectivity index (χ1n) is 8.44. The molecule has 0 amide bonds. The van der Waals surface area contributed by atoms with Crippen LogP contribution in [0.25, 0.3) is 12.2 Å². The van der Waals surface area contributed by atoms with Gasteiger partial charge in [0.15, 0.2) is 0 Å². The fourth-order valence-electron chi connectivity index (χ4n) is 3.95. The fourth-order valence-corrected chi connectivity index (χ4v) is 15.0. The van der Waals surface area contributed by atoms with Crippen LogP contribution in [0.3, 0.4) is 0 Å². The molecule has 0 saturated heterocycles. The Labute approximate surface area is 158 Å². The van der Waals surface area contributed by atoms with Crippen molar-refractivity contribution in [3.63, 3.8) is 0 Å². The molecule has 2 aliphatic carbocycles. The molecule has 2 aromatic rings. The minimum absolute atomic E-state index is 0.526. The summed E-state index contributed by atoms with van der Waals surface area (Å²) in [5.74, 6) is 1.05. The molecule has 4 rings (SSSR count). The summed E-state index contributed by atoms with van der Waals surface area (Å²) in [6.07, 6.45) is 9.24. The Balaban J connectivity index is 1.51. The van der Waals surface area contributed by atoms with E-state index < -0.39 is 21.7 Å². The van der Waals surface area contributed by atoms with E-state index in [1.807, 2.05) is 0 Å². The van der Waals surface area contributed by atoms with Gasteiger partial charge in [0.25, 0.3) is 0 Å². The zero-order valence-electron chi connectivity index (χ0n) is 13.3. The van der Waals surface area contributed by atoms with Crippen molar-refractivity contribution in [3.8, 4) is 0 Å². The van der Waals surface area contributed by atoms with Crippen molar-refractivity contribution in [3.05, 3.63) is 82.9 Å². The molecule has 2 aromatic carbocycles. The maximum atomic E-state index is 6.60. The first-order chi connectivity index (χ1) is 11.7. The van der Waals surface area contributed by atoms with Crippen molar-refractivity contribution in [2.75, 3.05) is 0 Å². The number of halogens is 2. The quantitative estimate of drug-likeness (QED) is 0.515. The summed E-state index contributed by atoms with van der Waals surface area (Å²) < 4.78 is 0. The molecule has 0 spiro atoms. The van der Waals surface area contributed by atoms with Gasteiger partial charge in [0.05, 0.1) is 0 Å². The van der Waals surface area contributed by atoms with E-state index in [2.05, 4.69) is 72.8 Å². The number of allylic oxidation sites excluding steroid dienone is 2. The van der Waals surface area contributed by atoms with Crippen molar-refractivity contribution >= 4 is 37.4 Å². The number of hydrogen-bond acceptors (Lipinski definition) is 0. The molecular weight excluding hydrogens is 387 g/mol. The van der Waals surface area contributed by atoms with E-state index in [4.69, 9.17) is 18.6 Å². The molecule has 2 atom stereocenters.